The van der Waals surface area contributed by atoms with E-state index >= 15 is 0 Å². The Hall–Kier alpha value is -2.53. The SMILES string of the molecule is CCCCOc1ccc(CN2C(=O)[C@H](NC(C)=O)c3cc(Cl)ccc32)cc1. The Morgan fingerprint density at radius 1 is 1.22 bits per heavy atom. The number of hydrogen-bond acceptors (Lipinski definition) is 3. The number of unbranched alkanes of at least 4 members (excludes halogenated alkanes) is 1. The fraction of sp³-hybridized carbons (Fsp3) is 0.333. The topological polar surface area (TPSA) is 58.6 Å². The zero-order valence-electron chi connectivity index (χ0n) is 15.5. The first-order chi connectivity index (χ1) is 13.0. The van der Waals surface area contributed by atoms with Crippen LogP contribution in [0.5, 0.6) is 5.75 Å². The maximum atomic E-state index is 12.9. The Kier molecular flexibility index (Phi) is 6.01. The van der Waals surface area contributed by atoms with Crippen molar-refractivity contribution in [2.45, 2.75) is 39.3 Å². The van der Waals surface area contributed by atoms with Gasteiger partial charge in [0.15, 0.2) is 0 Å². The number of carbonyl (C=O) groups excluding carboxylic acids is 2. The third-order valence-corrected chi connectivity index (χ3v) is 4.72. The number of carbonyl (C=O) groups is 2. The van der Waals surface area contributed by atoms with Crippen LogP contribution in [0.25, 0.3) is 0 Å². The van der Waals surface area contributed by atoms with E-state index in [-0.39, 0.29) is 11.8 Å². The molecule has 1 heterocycles. The molecule has 1 aliphatic rings. The number of nitrogens with one attached hydrogen (secondary N) is 1. The van der Waals surface area contributed by atoms with Crippen molar-refractivity contribution in [2.75, 3.05) is 11.5 Å². The molecule has 6 heteroatoms. The summed E-state index contributed by atoms with van der Waals surface area (Å²) in [4.78, 5) is 26.1. The largest absolute Gasteiger partial charge is 0.494 e. The summed E-state index contributed by atoms with van der Waals surface area (Å²) in [5, 5.41) is 3.25. The number of ether oxygens (including phenoxy) is 1. The summed E-state index contributed by atoms with van der Waals surface area (Å²) in [6, 6.07) is 12.3. The molecule has 2 aromatic carbocycles. The normalized spacial score (nSPS) is 15.6. The quantitative estimate of drug-likeness (QED) is 0.724. The van der Waals surface area contributed by atoms with Crippen molar-refractivity contribution >= 4 is 29.1 Å². The van der Waals surface area contributed by atoms with E-state index in [1.165, 1.54) is 6.92 Å². The van der Waals surface area contributed by atoms with Gasteiger partial charge in [-0.05, 0) is 42.3 Å². The average molecular weight is 387 g/mol. The maximum absolute atomic E-state index is 12.9. The van der Waals surface area contributed by atoms with Gasteiger partial charge in [0.1, 0.15) is 11.8 Å². The standard InChI is InChI=1S/C21H23ClN2O3/c1-3-4-11-27-17-8-5-15(6-9-17)13-24-19-10-7-16(22)12-18(19)20(21(24)26)23-14(2)25/h5-10,12,20H,3-4,11,13H2,1-2H3,(H,23,25)/t20-/m1/s1. The number of fused-ring (bicyclic) bond motifs is 1. The van der Waals surface area contributed by atoms with Gasteiger partial charge in [-0.3, -0.25) is 9.59 Å². The van der Waals surface area contributed by atoms with Crippen LogP contribution in [-0.2, 0) is 16.1 Å². The Labute approximate surface area is 164 Å². The molecule has 2 amide bonds. The monoisotopic (exact) mass is 386 g/mol. The molecule has 1 N–H and O–H groups in total. The predicted molar refractivity (Wildman–Crippen MR) is 106 cm³/mol. The van der Waals surface area contributed by atoms with Crippen LogP contribution in [-0.4, -0.2) is 18.4 Å². The summed E-state index contributed by atoms with van der Waals surface area (Å²) in [5.41, 5.74) is 2.48. The molecular weight excluding hydrogens is 364 g/mol. The average Bonchev–Trinajstić information content (AvgIpc) is 2.88. The van der Waals surface area contributed by atoms with Crippen LogP contribution in [0.15, 0.2) is 42.5 Å². The van der Waals surface area contributed by atoms with Crippen molar-refractivity contribution in [3.05, 3.63) is 58.6 Å². The van der Waals surface area contributed by atoms with E-state index < -0.39 is 6.04 Å². The van der Waals surface area contributed by atoms with Crippen LogP contribution in [0.4, 0.5) is 5.69 Å². The molecule has 0 aliphatic carbocycles. The zero-order chi connectivity index (χ0) is 19.4. The summed E-state index contributed by atoms with van der Waals surface area (Å²) in [5.74, 6) is 0.406. The number of halogens is 1. The lowest BCUT2D eigenvalue weighted by Crippen LogP contribution is -2.36. The van der Waals surface area contributed by atoms with Crippen molar-refractivity contribution in [2.24, 2.45) is 0 Å². The van der Waals surface area contributed by atoms with Crippen molar-refractivity contribution in [3.63, 3.8) is 0 Å². The molecule has 5 nitrogen and oxygen atoms in total. The summed E-state index contributed by atoms with van der Waals surface area (Å²) < 4.78 is 5.68. The second-order valence-corrected chi connectivity index (χ2v) is 7.04. The lowest BCUT2D eigenvalue weighted by Gasteiger charge is -2.18. The minimum absolute atomic E-state index is 0.161. The fourth-order valence-electron chi connectivity index (χ4n) is 3.12. The van der Waals surface area contributed by atoms with Crippen molar-refractivity contribution in [3.8, 4) is 5.75 Å². The van der Waals surface area contributed by atoms with Crippen LogP contribution < -0.4 is 15.0 Å². The van der Waals surface area contributed by atoms with Gasteiger partial charge in [-0.15, -0.1) is 0 Å². The lowest BCUT2D eigenvalue weighted by atomic mass is 10.1. The van der Waals surface area contributed by atoms with Crippen LogP contribution in [0.2, 0.25) is 5.02 Å². The number of anilines is 1. The maximum Gasteiger partial charge on any atom is 0.254 e. The third kappa shape index (κ3) is 4.42. The lowest BCUT2D eigenvalue weighted by molar-refractivity contribution is -0.126. The van der Waals surface area contributed by atoms with Crippen molar-refractivity contribution in [1.82, 2.24) is 5.32 Å². The van der Waals surface area contributed by atoms with E-state index in [1.54, 1.807) is 17.0 Å². The van der Waals surface area contributed by atoms with Gasteiger partial charge >= 0.3 is 0 Å². The van der Waals surface area contributed by atoms with Gasteiger partial charge in [0.05, 0.1) is 13.2 Å². The predicted octanol–water partition coefficient (Wildman–Crippen LogP) is 4.24. The summed E-state index contributed by atoms with van der Waals surface area (Å²) >= 11 is 6.09. The van der Waals surface area contributed by atoms with E-state index in [9.17, 15) is 9.59 Å². The highest BCUT2D eigenvalue weighted by Gasteiger charge is 2.37. The van der Waals surface area contributed by atoms with Crippen LogP contribution in [0.3, 0.4) is 0 Å². The van der Waals surface area contributed by atoms with Crippen LogP contribution >= 0.6 is 11.6 Å². The van der Waals surface area contributed by atoms with Gasteiger partial charge in [-0.2, -0.15) is 0 Å². The molecule has 0 spiro atoms. The molecule has 0 unspecified atom stereocenters. The van der Waals surface area contributed by atoms with E-state index in [4.69, 9.17) is 16.3 Å². The smallest absolute Gasteiger partial charge is 0.254 e. The number of benzene rings is 2. The molecule has 1 atom stereocenters. The molecule has 1 aliphatic heterocycles. The first kappa shape index (κ1) is 19.2. The van der Waals surface area contributed by atoms with Crippen molar-refractivity contribution in [1.29, 1.82) is 0 Å². The highest BCUT2D eigenvalue weighted by Crippen LogP contribution is 2.38. The molecule has 2 aromatic rings. The Morgan fingerprint density at radius 3 is 2.63 bits per heavy atom. The zero-order valence-corrected chi connectivity index (χ0v) is 16.3. The first-order valence-electron chi connectivity index (χ1n) is 9.09. The molecular formula is C21H23ClN2O3. The second-order valence-electron chi connectivity index (χ2n) is 6.61. The molecule has 142 valence electrons. The molecule has 0 saturated heterocycles. The van der Waals surface area contributed by atoms with Gasteiger partial charge in [0.25, 0.3) is 5.91 Å². The Bertz CT molecular complexity index is 836. The van der Waals surface area contributed by atoms with Gasteiger partial charge in [0.2, 0.25) is 5.91 Å². The number of rotatable bonds is 7. The molecule has 0 fully saturated rings. The van der Waals surface area contributed by atoms with Gasteiger partial charge in [-0.1, -0.05) is 37.1 Å². The highest BCUT2D eigenvalue weighted by atomic mass is 35.5. The molecule has 0 aromatic heterocycles. The third-order valence-electron chi connectivity index (χ3n) is 4.48. The minimum Gasteiger partial charge on any atom is -0.494 e. The van der Waals surface area contributed by atoms with Crippen LogP contribution in [0, 0.1) is 0 Å². The van der Waals surface area contributed by atoms with Gasteiger partial charge in [-0.25, -0.2) is 0 Å². The molecule has 0 bridgehead atoms. The number of nitrogens with zero attached hydrogens (tertiary/aromatic N) is 1. The molecule has 3 rings (SSSR count). The minimum atomic E-state index is -0.701. The fourth-order valence-corrected chi connectivity index (χ4v) is 3.30. The molecule has 0 saturated carbocycles. The highest BCUT2D eigenvalue weighted by molar-refractivity contribution is 6.31. The van der Waals surface area contributed by atoms with E-state index in [2.05, 4.69) is 12.2 Å². The summed E-state index contributed by atoms with van der Waals surface area (Å²) in [7, 11) is 0. The summed E-state index contributed by atoms with van der Waals surface area (Å²) in [6.45, 7) is 4.64. The van der Waals surface area contributed by atoms with Gasteiger partial charge in [0, 0.05) is 23.2 Å². The van der Waals surface area contributed by atoms with Crippen LogP contribution in [0.1, 0.15) is 43.9 Å². The Balaban J connectivity index is 1.78. The first-order valence-corrected chi connectivity index (χ1v) is 9.47. The van der Waals surface area contributed by atoms with E-state index in [0.717, 1.165) is 35.4 Å². The molecule has 0 radical (unpaired) electrons. The molecule has 27 heavy (non-hydrogen) atoms. The summed E-state index contributed by atoms with van der Waals surface area (Å²) in [6.07, 6.45) is 2.11. The van der Waals surface area contributed by atoms with Crippen molar-refractivity contribution < 1.29 is 14.3 Å². The Morgan fingerprint density at radius 2 is 1.96 bits per heavy atom. The van der Waals surface area contributed by atoms with Gasteiger partial charge < -0.3 is 15.0 Å². The van der Waals surface area contributed by atoms with E-state index in [0.29, 0.717) is 18.2 Å². The number of hydrogen-bond donors (Lipinski definition) is 1. The second kappa shape index (κ2) is 8.44. The van der Waals surface area contributed by atoms with E-state index in [1.807, 2.05) is 30.3 Å². The number of amides is 2.